The van der Waals surface area contributed by atoms with Gasteiger partial charge in [-0.25, -0.2) is 9.78 Å². The highest BCUT2D eigenvalue weighted by molar-refractivity contribution is 8.00. The molecular formula is C16H27N5O2S2. The van der Waals surface area contributed by atoms with Crippen molar-refractivity contribution < 1.29 is 9.53 Å². The number of amides is 1. The second-order valence-electron chi connectivity index (χ2n) is 5.60. The molecule has 0 saturated carbocycles. The van der Waals surface area contributed by atoms with Crippen molar-refractivity contribution >= 4 is 35.2 Å². The average molecular weight is 386 g/mol. The number of ether oxygens (including phenoxy) is 1. The van der Waals surface area contributed by atoms with Gasteiger partial charge in [-0.1, -0.05) is 11.8 Å². The van der Waals surface area contributed by atoms with Gasteiger partial charge in [0.05, 0.1) is 6.61 Å². The van der Waals surface area contributed by atoms with E-state index in [1.54, 1.807) is 35.0 Å². The van der Waals surface area contributed by atoms with E-state index in [1.807, 2.05) is 18.5 Å². The molecule has 0 radical (unpaired) electrons. The van der Waals surface area contributed by atoms with Crippen LogP contribution in [0.1, 0.15) is 26.2 Å². The predicted molar refractivity (Wildman–Crippen MR) is 104 cm³/mol. The minimum Gasteiger partial charge on any atom is -0.450 e. The number of carbonyl (C=O) groups excluding carboxylic acids is 1. The average Bonchev–Trinajstić information content (AvgIpc) is 3.14. The molecule has 1 amide bonds. The number of hydrogen-bond acceptors (Lipinski definition) is 6. The Labute approximate surface area is 157 Å². The number of aliphatic imine (C=N–C) groups is 1. The highest BCUT2D eigenvalue weighted by Gasteiger charge is 2.23. The third-order valence-corrected chi connectivity index (χ3v) is 5.89. The van der Waals surface area contributed by atoms with Crippen molar-refractivity contribution in [3.63, 3.8) is 0 Å². The minimum atomic E-state index is -0.207. The molecule has 1 saturated heterocycles. The maximum atomic E-state index is 11.7. The lowest BCUT2D eigenvalue weighted by molar-refractivity contribution is 0.0963. The van der Waals surface area contributed by atoms with E-state index in [2.05, 4.69) is 20.6 Å². The molecular weight excluding hydrogens is 358 g/mol. The van der Waals surface area contributed by atoms with E-state index >= 15 is 0 Å². The topological polar surface area (TPSA) is 78.8 Å². The van der Waals surface area contributed by atoms with Crippen LogP contribution < -0.4 is 10.6 Å². The zero-order chi connectivity index (χ0) is 17.9. The van der Waals surface area contributed by atoms with Crippen molar-refractivity contribution in [1.29, 1.82) is 0 Å². The van der Waals surface area contributed by atoms with E-state index in [-0.39, 0.29) is 6.09 Å². The lowest BCUT2D eigenvalue weighted by atomic mass is 10.1. The summed E-state index contributed by atoms with van der Waals surface area (Å²) < 4.78 is 6.17. The highest BCUT2D eigenvalue weighted by Crippen LogP contribution is 2.20. The molecule has 0 aliphatic carbocycles. The molecule has 1 fully saturated rings. The Morgan fingerprint density at radius 1 is 1.52 bits per heavy atom. The number of thioether (sulfide) groups is 1. The fraction of sp³-hybridized carbons (Fsp3) is 0.688. The molecule has 0 unspecified atom stereocenters. The van der Waals surface area contributed by atoms with Crippen molar-refractivity contribution in [1.82, 2.24) is 20.5 Å². The number of guanidine groups is 1. The molecule has 1 aliphatic heterocycles. The summed E-state index contributed by atoms with van der Waals surface area (Å²) >= 11 is 3.47. The van der Waals surface area contributed by atoms with Crippen LogP contribution >= 0.6 is 23.1 Å². The van der Waals surface area contributed by atoms with Crippen molar-refractivity contribution in [2.45, 2.75) is 36.6 Å². The van der Waals surface area contributed by atoms with Gasteiger partial charge in [0.2, 0.25) is 0 Å². The Bertz CT molecular complexity index is 531. The number of hydrogen-bond donors (Lipinski definition) is 2. The first kappa shape index (κ1) is 19.8. The maximum Gasteiger partial charge on any atom is 0.409 e. The molecule has 2 rings (SSSR count). The fourth-order valence-electron chi connectivity index (χ4n) is 2.53. The van der Waals surface area contributed by atoms with Crippen molar-refractivity contribution in [3.05, 3.63) is 11.6 Å². The Morgan fingerprint density at radius 2 is 2.32 bits per heavy atom. The van der Waals surface area contributed by atoms with Crippen molar-refractivity contribution in [2.24, 2.45) is 4.99 Å². The van der Waals surface area contributed by atoms with Crippen LogP contribution in [0.3, 0.4) is 0 Å². The Balaban J connectivity index is 1.59. The molecule has 1 aromatic rings. The summed E-state index contributed by atoms with van der Waals surface area (Å²) in [4.78, 5) is 22.0. The molecule has 9 heteroatoms. The Kier molecular flexibility index (Phi) is 8.89. The van der Waals surface area contributed by atoms with Gasteiger partial charge >= 0.3 is 6.09 Å². The number of nitrogens with one attached hydrogen (secondary N) is 2. The van der Waals surface area contributed by atoms with Crippen molar-refractivity contribution in [3.8, 4) is 0 Å². The lowest BCUT2D eigenvalue weighted by Gasteiger charge is -2.32. The Morgan fingerprint density at radius 3 is 2.96 bits per heavy atom. The van der Waals surface area contributed by atoms with Gasteiger partial charge in [0.1, 0.15) is 4.34 Å². The SMILES string of the molecule is CCOC(=O)N1CCC(NC(=NC)NCCCSc2nccs2)CC1. The summed E-state index contributed by atoms with van der Waals surface area (Å²) in [5.41, 5.74) is 0. The van der Waals surface area contributed by atoms with Crippen molar-refractivity contribution in [2.75, 3.05) is 39.0 Å². The van der Waals surface area contributed by atoms with Gasteiger partial charge in [-0.05, 0) is 26.2 Å². The van der Waals surface area contributed by atoms with Crippen LogP contribution in [0.4, 0.5) is 4.79 Å². The van der Waals surface area contributed by atoms with Gasteiger partial charge in [-0.2, -0.15) is 0 Å². The molecule has 0 aromatic carbocycles. The highest BCUT2D eigenvalue weighted by atomic mass is 32.2. The molecule has 2 heterocycles. The summed E-state index contributed by atoms with van der Waals surface area (Å²) in [6, 6.07) is 0.335. The summed E-state index contributed by atoms with van der Waals surface area (Å²) in [7, 11) is 1.79. The number of aromatic nitrogens is 1. The quantitative estimate of drug-likeness (QED) is 0.325. The van der Waals surface area contributed by atoms with E-state index in [9.17, 15) is 4.79 Å². The maximum absolute atomic E-state index is 11.7. The number of carbonyl (C=O) groups is 1. The van der Waals surface area contributed by atoms with Crippen LogP contribution in [0, 0.1) is 0 Å². The summed E-state index contributed by atoms with van der Waals surface area (Å²) in [5, 5.41) is 8.80. The van der Waals surface area contributed by atoms with Gasteiger partial charge < -0.3 is 20.3 Å². The van der Waals surface area contributed by atoms with Gasteiger partial charge in [0.15, 0.2) is 5.96 Å². The Hall–Kier alpha value is -1.48. The zero-order valence-corrected chi connectivity index (χ0v) is 16.5. The number of rotatable bonds is 7. The molecule has 0 spiro atoms. The second kappa shape index (κ2) is 11.2. The first-order chi connectivity index (χ1) is 12.2. The molecule has 140 valence electrons. The predicted octanol–water partition coefficient (Wildman–Crippen LogP) is 2.41. The molecule has 7 nitrogen and oxygen atoms in total. The largest absolute Gasteiger partial charge is 0.450 e. The van der Waals surface area contributed by atoms with E-state index < -0.39 is 0 Å². The summed E-state index contributed by atoms with van der Waals surface area (Å²) in [5.74, 6) is 1.86. The first-order valence-electron chi connectivity index (χ1n) is 8.64. The van der Waals surface area contributed by atoms with Crippen LogP contribution in [0.25, 0.3) is 0 Å². The molecule has 1 aromatic heterocycles. The lowest BCUT2D eigenvalue weighted by Crippen LogP contribution is -2.50. The van der Waals surface area contributed by atoms with Crippen LogP contribution in [-0.4, -0.2) is 67.0 Å². The van der Waals surface area contributed by atoms with Gasteiger partial charge in [0.25, 0.3) is 0 Å². The smallest absolute Gasteiger partial charge is 0.409 e. The van der Waals surface area contributed by atoms with E-state index in [0.29, 0.717) is 12.6 Å². The molecule has 2 N–H and O–H groups in total. The minimum absolute atomic E-state index is 0.207. The van der Waals surface area contributed by atoms with Gasteiger partial charge in [-0.15, -0.1) is 11.3 Å². The second-order valence-corrected chi connectivity index (χ2v) is 7.84. The first-order valence-corrected chi connectivity index (χ1v) is 10.5. The molecule has 25 heavy (non-hydrogen) atoms. The van der Waals surface area contributed by atoms with Gasteiger partial charge in [0, 0.05) is 50.1 Å². The monoisotopic (exact) mass is 385 g/mol. The standard InChI is InChI=1S/C16H27N5O2S2/c1-3-23-16(22)21-9-5-13(6-10-21)20-14(17-2)18-7-4-11-24-15-19-8-12-25-15/h8,12-13H,3-7,9-11H2,1-2H3,(H2,17,18,20). The number of likely N-dealkylation sites (tertiary alicyclic amines) is 1. The van der Waals surface area contributed by atoms with Crippen LogP contribution in [0.15, 0.2) is 20.9 Å². The van der Waals surface area contributed by atoms with Crippen LogP contribution in [-0.2, 0) is 4.74 Å². The third-order valence-electron chi connectivity index (χ3n) is 3.83. The molecule has 0 bridgehead atoms. The summed E-state index contributed by atoms with van der Waals surface area (Å²) in [6.07, 6.45) is 4.48. The van der Waals surface area contributed by atoms with E-state index in [1.165, 1.54) is 0 Å². The zero-order valence-electron chi connectivity index (χ0n) is 14.9. The number of nitrogens with zero attached hydrogens (tertiary/aromatic N) is 3. The number of thiazole rings is 1. The fourth-order valence-corrected chi connectivity index (χ4v) is 4.18. The van der Waals surface area contributed by atoms with Gasteiger partial charge in [-0.3, -0.25) is 4.99 Å². The molecule has 1 aliphatic rings. The summed E-state index contributed by atoms with van der Waals surface area (Å²) in [6.45, 7) is 4.57. The van der Waals surface area contributed by atoms with E-state index in [4.69, 9.17) is 4.74 Å². The van der Waals surface area contributed by atoms with Crippen LogP contribution in [0.5, 0.6) is 0 Å². The molecule has 0 atom stereocenters. The van der Waals surface area contributed by atoms with Crippen LogP contribution in [0.2, 0.25) is 0 Å². The van der Waals surface area contributed by atoms with E-state index in [0.717, 1.165) is 54.9 Å². The number of piperidine rings is 1. The normalized spacial score (nSPS) is 15.9. The third kappa shape index (κ3) is 7.11.